The van der Waals surface area contributed by atoms with Crippen molar-refractivity contribution >= 4 is 17.4 Å². The van der Waals surface area contributed by atoms with E-state index in [4.69, 9.17) is 9.47 Å². The van der Waals surface area contributed by atoms with Gasteiger partial charge in [-0.2, -0.15) is 0 Å². The van der Waals surface area contributed by atoms with Gasteiger partial charge in [0.05, 0.1) is 24.8 Å². The third-order valence-electron chi connectivity index (χ3n) is 5.89. The highest BCUT2D eigenvalue weighted by Gasteiger charge is 2.45. The zero-order valence-electron chi connectivity index (χ0n) is 21.1. The van der Waals surface area contributed by atoms with Gasteiger partial charge in [-0.25, -0.2) is 0 Å². The molecule has 2 aromatic carbocycles. The average molecular weight is 481 g/mol. The van der Waals surface area contributed by atoms with Gasteiger partial charge in [-0.15, -0.1) is 0 Å². The molecule has 1 amide bonds. The second-order valence-electron chi connectivity index (χ2n) is 8.94. The summed E-state index contributed by atoms with van der Waals surface area (Å²) in [5.74, 6) is -0.0587. The number of rotatable bonds is 12. The minimum atomic E-state index is -0.685. The topological polar surface area (TPSA) is 79.3 Å². The molecule has 188 valence electrons. The van der Waals surface area contributed by atoms with E-state index >= 15 is 0 Å². The molecule has 7 heteroatoms. The van der Waals surface area contributed by atoms with E-state index in [0.29, 0.717) is 37.6 Å². The summed E-state index contributed by atoms with van der Waals surface area (Å²) in [6, 6.07) is 13.6. The summed E-state index contributed by atoms with van der Waals surface area (Å²) in [6.07, 6.45) is 2.90. The number of Topliss-reactive ketones (excluding diaryl/α,β-unsaturated/α-hetero) is 1. The second-order valence-corrected chi connectivity index (χ2v) is 8.94. The van der Waals surface area contributed by atoms with E-state index in [9.17, 15) is 14.7 Å². The van der Waals surface area contributed by atoms with Crippen LogP contribution in [0.5, 0.6) is 11.5 Å². The van der Waals surface area contributed by atoms with Crippen molar-refractivity contribution in [2.45, 2.75) is 39.2 Å². The number of aliphatic hydroxyl groups excluding tert-OH is 1. The predicted octanol–water partition coefficient (Wildman–Crippen LogP) is 4.64. The van der Waals surface area contributed by atoms with Crippen LogP contribution in [0, 0.1) is 0 Å². The lowest BCUT2D eigenvalue weighted by Crippen LogP contribution is -2.35. The van der Waals surface area contributed by atoms with Crippen LogP contribution in [0.2, 0.25) is 0 Å². The molecule has 2 aromatic rings. The van der Waals surface area contributed by atoms with Gasteiger partial charge in [0.2, 0.25) is 0 Å². The predicted molar refractivity (Wildman–Crippen MR) is 137 cm³/mol. The first-order chi connectivity index (χ1) is 16.9. The standard InChI is InChI=1S/C28H36N2O5/c1-5-7-19-35-23-12-8-20(9-13-23)25-24(27(32)28(33)30(25)17-16-29(3)4)26(31)21-10-14-22(15-11-21)34-18-6-2/h8-15,25,31H,5-7,16-19H2,1-4H3/b26-24+. The number of unbranched alkanes of at least 4 members (excludes halogenated alkanes) is 1. The number of amides is 1. The molecule has 1 atom stereocenters. The summed E-state index contributed by atoms with van der Waals surface area (Å²) in [6.45, 7) is 6.31. The number of likely N-dealkylation sites (tertiary alicyclic amines) is 1. The van der Waals surface area contributed by atoms with Crippen molar-refractivity contribution in [2.75, 3.05) is 40.4 Å². The number of hydrogen-bond donors (Lipinski definition) is 1. The Hall–Kier alpha value is -3.32. The number of benzene rings is 2. The lowest BCUT2D eigenvalue weighted by atomic mass is 9.95. The zero-order chi connectivity index (χ0) is 25.4. The Morgan fingerprint density at radius 3 is 2.09 bits per heavy atom. The van der Waals surface area contributed by atoms with Crippen molar-refractivity contribution in [3.8, 4) is 11.5 Å². The summed E-state index contributed by atoms with van der Waals surface area (Å²) >= 11 is 0. The summed E-state index contributed by atoms with van der Waals surface area (Å²) in [5.41, 5.74) is 1.30. The van der Waals surface area contributed by atoms with E-state index in [0.717, 1.165) is 30.6 Å². The number of ketones is 1. The maximum atomic E-state index is 13.1. The van der Waals surface area contributed by atoms with Gasteiger partial charge in [0.25, 0.3) is 11.7 Å². The van der Waals surface area contributed by atoms with Crippen molar-refractivity contribution < 1.29 is 24.2 Å². The van der Waals surface area contributed by atoms with E-state index in [1.54, 1.807) is 29.2 Å². The molecule has 35 heavy (non-hydrogen) atoms. The van der Waals surface area contributed by atoms with Crippen LogP contribution in [0.1, 0.15) is 50.3 Å². The summed E-state index contributed by atoms with van der Waals surface area (Å²) < 4.78 is 11.4. The third kappa shape index (κ3) is 6.42. The average Bonchev–Trinajstić information content (AvgIpc) is 3.11. The number of likely N-dealkylation sites (N-methyl/N-ethyl adjacent to an activating group) is 1. The van der Waals surface area contributed by atoms with Crippen LogP contribution in [0.15, 0.2) is 54.1 Å². The lowest BCUT2D eigenvalue weighted by Gasteiger charge is -2.26. The molecule has 1 heterocycles. The van der Waals surface area contributed by atoms with Crippen LogP contribution in [0.3, 0.4) is 0 Å². The number of ether oxygens (including phenoxy) is 2. The van der Waals surface area contributed by atoms with E-state index < -0.39 is 17.7 Å². The highest BCUT2D eigenvalue weighted by atomic mass is 16.5. The highest BCUT2D eigenvalue weighted by Crippen LogP contribution is 2.39. The summed E-state index contributed by atoms with van der Waals surface area (Å²) in [4.78, 5) is 29.7. The van der Waals surface area contributed by atoms with Crippen molar-refractivity contribution in [1.29, 1.82) is 0 Å². The van der Waals surface area contributed by atoms with Crippen LogP contribution < -0.4 is 9.47 Å². The van der Waals surface area contributed by atoms with Gasteiger partial charge in [0.15, 0.2) is 0 Å². The molecule has 0 bridgehead atoms. The highest BCUT2D eigenvalue weighted by molar-refractivity contribution is 6.46. The molecule has 1 aliphatic heterocycles. The Morgan fingerprint density at radius 1 is 0.914 bits per heavy atom. The minimum Gasteiger partial charge on any atom is -0.507 e. The van der Waals surface area contributed by atoms with Crippen LogP contribution in [-0.4, -0.2) is 67.0 Å². The summed E-state index contributed by atoms with van der Waals surface area (Å²) in [5, 5.41) is 11.2. The molecule has 0 aromatic heterocycles. The second kappa shape index (κ2) is 12.4. The fourth-order valence-corrected chi connectivity index (χ4v) is 3.93. The van der Waals surface area contributed by atoms with Gasteiger partial charge in [-0.1, -0.05) is 32.4 Å². The van der Waals surface area contributed by atoms with Crippen molar-refractivity contribution in [2.24, 2.45) is 0 Å². The number of carbonyl (C=O) groups excluding carboxylic acids is 2. The fraction of sp³-hybridized carbons (Fsp3) is 0.429. The molecule has 0 radical (unpaired) electrons. The number of aliphatic hydroxyl groups is 1. The molecule has 0 saturated carbocycles. The van der Waals surface area contributed by atoms with Crippen LogP contribution >= 0.6 is 0 Å². The molecular weight excluding hydrogens is 444 g/mol. The molecule has 7 nitrogen and oxygen atoms in total. The first kappa shape index (κ1) is 26.3. The van der Waals surface area contributed by atoms with Gasteiger partial charge in [-0.3, -0.25) is 9.59 Å². The van der Waals surface area contributed by atoms with Gasteiger partial charge >= 0.3 is 0 Å². The van der Waals surface area contributed by atoms with E-state index in [2.05, 4.69) is 6.92 Å². The molecular formula is C28H36N2O5. The van der Waals surface area contributed by atoms with Gasteiger partial charge in [-0.05, 0) is 68.9 Å². The minimum absolute atomic E-state index is 0.0932. The fourth-order valence-electron chi connectivity index (χ4n) is 3.93. The molecule has 1 fully saturated rings. The Morgan fingerprint density at radius 2 is 1.51 bits per heavy atom. The smallest absolute Gasteiger partial charge is 0.295 e. The Balaban J connectivity index is 1.98. The van der Waals surface area contributed by atoms with E-state index in [-0.39, 0.29) is 11.3 Å². The maximum Gasteiger partial charge on any atom is 0.295 e. The molecule has 1 unspecified atom stereocenters. The Bertz CT molecular complexity index is 1030. The van der Waals surface area contributed by atoms with Crippen LogP contribution in [0.4, 0.5) is 0 Å². The molecule has 1 aliphatic rings. The van der Waals surface area contributed by atoms with Crippen LogP contribution in [-0.2, 0) is 9.59 Å². The Labute approximate surface area is 207 Å². The summed E-state index contributed by atoms with van der Waals surface area (Å²) in [7, 11) is 3.83. The van der Waals surface area contributed by atoms with Gasteiger partial charge in [0.1, 0.15) is 17.3 Å². The number of hydrogen-bond acceptors (Lipinski definition) is 6. The van der Waals surface area contributed by atoms with E-state index in [1.165, 1.54) is 0 Å². The number of carbonyl (C=O) groups is 2. The Kier molecular flexibility index (Phi) is 9.32. The normalized spacial score (nSPS) is 17.3. The van der Waals surface area contributed by atoms with Crippen molar-refractivity contribution in [1.82, 2.24) is 9.80 Å². The molecule has 3 rings (SSSR count). The van der Waals surface area contributed by atoms with Gasteiger partial charge in [0, 0.05) is 18.7 Å². The monoisotopic (exact) mass is 480 g/mol. The molecule has 0 spiro atoms. The number of nitrogens with zero attached hydrogens (tertiary/aromatic N) is 2. The van der Waals surface area contributed by atoms with E-state index in [1.807, 2.05) is 50.2 Å². The molecule has 1 N–H and O–H groups in total. The first-order valence-electron chi connectivity index (χ1n) is 12.3. The largest absolute Gasteiger partial charge is 0.507 e. The van der Waals surface area contributed by atoms with Crippen molar-refractivity contribution in [3.63, 3.8) is 0 Å². The van der Waals surface area contributed by atoms with Crippen molar-refractivity contribution in [3.05, 3.63) is 65.2 Å². The third-order valence-corrected chi connectivity index (χ3v) is 5.89. The van der Waals surface area contributed by atoms with Gasteiger partial charge < -0.3 is 24.4 Å². The molecule has 1 saturated heterocycles. The maximum absolute atomic E-state index is 13.1. The SMILES string of the molecule is CCCCOc1ccc(C2/C(=C(\O)c3ccc(OCCC)cc3)C(=O)C(=O)N2CCN(C)C)cc1. The first-order valence-corrected chi connectivity index (χ1v) is 12.3. The zero-order valence-corrected chi connectivity index (χ0v) is 21.1. The molecule has 0 aliphatic carbocycles. The lowest BCUT2D eigenvalue weighted by molar-refractivity contribution is -0.140. The van der Waals surface area contributed by atoms with Crippen LogP contribution in [0.25, 0.3) is 5.76 Å². The quantitative estimate of drug-likeness (QED) is 0.206.